The third-order valence-electron chi connectivity index (χ3n) is 13.2. The smallest absolute Gasteiger partial charge is 0.223 e. The van der Waals surface area contributed by atoms with E-state index in [0.29, 0.717) is 65.4 Å². The van der Waals surface area contributed by atoms with Gasteiger partial charge in [0.15, 0.2) is 0 Å². The fourth-order valence-electron chi connectivity index (χ4n) is 8.65. The van der Waals surface area contributed by atoms with Crippen LogP contribution in [0.4, 0.5) is 0 Å². The van der Waals surface area contributed by atoms with Crippen LogP contribution in [0.5, 0.6) is 0 Å². The lowest BCUT2D eigenvalue weighted by Gasteiger charge is -2.35. The number of hydrogen-bond acceptors (Lipinski definition) is 12. The van der Waals surface area contributed by atoms with Crippen LogP contribution in [0.25, 0.3) is 0 Å². The Hall–Kier alpha value is -3.80. The minimum Gasteiger partial charge on any atom is -0.356 e. The first-order chi connectivity index (χ1) is 33.0. The lowest BCUT2D eigenvalue weighted by molar-refractivity contribution is -0.141. The monoisotopic (exact) mass is 992 g/mol. The second-order valence-corrected chi connectivity index (χ2v) is 21.4. The van der Waals surface area contributed by atoms with Gasteiger partial charge in [-0.3, -0.25) is 38.4 Å². The summed E-state index contributed by atoms with van der Waals surface area (Å²) in [5.74, 6) is -5.72. The van der Waals surface area contributed by atoms with Gasteiger partial charge in [0.2, 0.25) is 29.5 Å². The summed E-state index contributed by atoms with van der Waals surface area (Å²) in [6.07, 6.45) is 8.93. The molecule has 0 saturated heterocycles. The quantitative estimate of drug-likeness (QED) is 0.0379. The average Bonchev–Trinajstić information content (AvgIpc) is 3.29. The second kappa shape index (κ2) is 37.0. The van der Waals surface area contributed by atoms with Crippen LogP contribution in [0.2, 0.25) is 0 Å². The van der Waals surface area contributed by atoms with Crippen molar-refractivity contribution in [3.63, 3.8) is 0 Å². The van der Waals surface area contributed by atoms with Crippen molar-refractivity contribution < 1.29 is 38.4 Å². The molecule has 4 unspecified atom stereocenters. The summed E-state index contributed by atoms with van der Waals surface area (Å²) in [5.41, 5.74) is 7.69. The van der Waals surface area contributed by atoms with E-state index in [9.17, 15) is 38.4 Å². The molecule has 0 aliphatic rings. The van der Waals surface area contributed by atoms with E-state index in [2.05, 4.69) is 51.1 Å². The Morgan fingerprint density at radius 2 is 0.786 bits per heavy atom. The molecule has 0 aliphatic carbocycles. The number of carbonyl (C=O) groups excluding carboxylic acids is 8. The van der Waals surface area contributed by atoms with Gasteiger partial charge in [0.1, 0.15) is 17.3 Å². The molecule has 4 atom stereocenters. The topological polar surface area (TPSA) is 273 Å². The molecule has 0 aromatic heterocycles. The van der Waals surface area contributed by atoms with Gasteiger partial charge in [0, 0.05) is 138 Å². The molecule has 5 amide bonds. The van der Waals surface area contributed by atoms with Crippen molar-refractivity contribution in [3.05, 3.63) is 0 Å². The highest BCUT2D eigenvalue weighted by Crippen LogP contribution is 2.39. The van der Waals surface area contributed by atoms with Gasteiger partial charge in [-0.05, 0) is 38.5 Å². The maximum absolute atomic E-state index is 15.0. The van der Waals surface area contributed by atoms with Crippen LogP contribution < -0.4 is 48.7 Å². The highest BCUT2D eigenvalue weighted by molar-refractivity contribution is 5.95. The van der Waals surface area contributed by atoms with Crippen LogP contribution >= 0.6 is 0 Å². The van der Waals surface area contributed by atoms with E-state index in [4.69, 9.17) is 11.5 Å². The number of Topliss-reactive ketones (excluding diaryl/α,β-unsaturated/α-hetero) is 3. The Balaban J connectivity index is 6.74. The van der Waals surface area contributed by atoms with Crippen molar-refractivity contribution in [3.8, 4) is 0 Å². The zero-order chi connectivity index (χ0) is 53.2. The second-order valence-electron chi connectivity index (χ2n) is 21.4. The zero-order valence-electron chi connectivity index (χ0n) is 45.5. The number of unbranched alkanes of at least 4 members (excludes halogenated alkanes) is 7. The highest BCUT2D eigenvalue weighted by Gasteiger charge is 2.44. The molecule has 17 nitrogen and oxygen atoms in total. The molecule has 17 heteroatoms. The number of nitrogens with two attached hydrogens (primary N) is 2. The van der Waals surface area contributed by atoms with E-state index in [0.717, 1.165) is 64.2 Å². The van der Waals surface area contributed by atoms with Gasteiger partial charge >= 0.3 is 0 Å². The van der Waals surface area contributed by atoms with E-state index in [-0.39, 0.29) is 92.5 Å². The van der Waals surface area contributed by atoms with Gasteiger partial charge in [-0.15, -0.1) is 0 Å². The van der Waals surface area contributed by atoms with Crippen molar-refractivity contribution in [1.29, 1.82) is 0 Å². The molecule has 0 bridgehead atoms. The van der Waals surface area contributed by atoms with E-state index in [1.807, 2.05) is 6.92 Å². The molecule has 0 saturated carbocycles. The van der Waals surface area contributed by atoms with Gasteiger partial charge in [-0.1, -0.05) is 114 Å². The van der Waals surface area contributed by atoms with Gasteiger partial charge in [0.05, 0.1) is 0 Å². The minimum absolute atomic E-state index is 0.0271. The van der Waals surface area contributed by atoms with Crippen molar-refractivity contribution in [2.75, 3.05) is 72.0 Å². The number of nitrogens with one attached hydrogen (secondary N) is 7. The third-order valence-corrected chi connectivity index (χ3v) is 13.2. The molecule has 0 heterocycles. The Morgan fingerprint density at radius 3 is 1.30 bits per heavy atom. The van der Waals surface area contributed by atoms with Crippen LogP contribution in [0.3, 0.4) is 0 Å². The van der Waals surface area contributed by atoms with E-state index < -0.39 is 45.8 Å². The van der Waals surface area contributed by atoms with E-state index in [1.54, 1.807) is 48.5 Å². The lowest BCUT2D eigenvalue weighted by atomic mass is 9.67. The first-order valence-electron chi connectivity index (χ1n) is 26.8. The number of ketones is 3. The van der Waals surface area contributed by atoms with Crippen molar-refractivity contribution in [1.82, 2.24) is 37.2 Å². The fraction of sp³-hybridized carbons (Fsp3) is 0.849. The van der Waals surface area contributed by atoms with Crippen LogP contribution in [-0.2, 0) is 38.4 Å². The Bertz CT molecular complexity index is 1570. The maximum atomic E-state index is 15.0. The molecule has 0 spiro atoms. The van der Waals surface area contributed by atoms with Gasteiger partial charge < -0.3 is 48.7 Å². The van der Waals surface area contributed by atoms with E-state index >= 15 is 0 Å². The fourth-order valence-corrected chi connectivity index (χ4v) is 8.65. The van der Waals surface area contributed by atoms with Crippen molar-refractivity contribution in [2.24, 2.45) is 51.4 Å². The van der Waals surface area contributed by atoms with Crippen LogP contribution in [0, 0.1) is 39.9 Å². The minimum atomic E-state index is -1.25. The molecular weight excluding hydrogens is 891 g/mol. The van der Waals surface area contributed by atoms with Crippen LogP contribution in [0.15, 0.2) is 0 Å². The largest absolute Gasteiger partial charge is 0.356 e. The highest BCUT2D eigenvalue weighted by atomic mass is 16.2. The first kappa shape index (κ1) is 66.2. The molecule has 0 aromatic rings. The SMILES string of the molecule is CCCCCCNC(=O)CC(CC(C)(C)C(=O)CC(C)C(=O)NCCCCCC)C(=O)C(C)(C)CC(CC(=O)C(C)(C)CC(CC(=O)NCCNCCN)C(=O)NCCCC)C(=O)NCCNCCN. The summed E-state index contributed by atoms with van der Waals surface area (Å²) >= 11 is 0. The molecule has 0 fully saturated rings. The van der Waals surface area contributed by atoms with Gasteiger partial charge in [-0.2, -0.15) is 0 Å². The number of carbonyl (C=O) groups is 8. The molecule has 0 radical (unpaired) electrons. The summed E-state index contributed by atoms with van der Waals surface area (Å²) in [4.78, 5) is 111. The average molecular weight is 992 g/mol. The van der Waals surface area contributed by atoms with E-state index in [1.165, 1.54) is 0 Å². The number of hydrogen-bond donors (Lipinski definition) is 9. The number of rotatable bonds is 44. The maximum Gasteiger partial charge on any atom is 0.223 e. The summed E-state index contributed by atoms with van der Waals surface area (Å²) in [7, 11) is 0. The Kier molecular flexibility index (Phi) is 35.0. The third kappa shape index (κ3) is 28.9. The van der Waals surface area contributed by atoms with Gasteiger partial charge in [-0.25, -0.2) is 0 Å². The van der Waals surface area contributed by atoms with Crippen molar-refractivity contribution >= 4 is 46.9 Å². The van der Waals surface area contributed by atoms with Crippen molar-refractivity contribution in [2.45, 2.75) is 178 Å². The van der Waals surface area contributed by atoms with Crippen LogP contribution in [0.1, 0.15) is 178 Å². The number of amides is 5. The predicted octanol–water partition coefficient (Wildman–Crippen LogP) is 4.63. The Morgan fingerprint density at radius 1 is 0.400 bits per heavy atom. The molecule has 406 valence electrons. The molecule has 0 aliphatic heterocycles. The normalized spacial score (nSPS) is 13.7. The summed E-state index contributed by atoms with van der Waals surface area (Å²) in [6.45, 7) is 23.3. The summed E-state index contributed by atoms with van der Waals surface area (Å²) in [5, 5.41) is 20.9. The van der Waals surface area contributed by atoms with Gasteiger partial charge in [0.25, 0.3) is 0 Å². The standard InChI is InChI=1S/C53H101N9O8/c1-11-14-17-19-24-58-45(65)34-40(36-51(5,6)43(63)32-39(4)48(68)60-25-20-18-15-12-2)47(67)53(9,10)38-41(49(69)62-31-29-57-27-22-55)33-44(64)52(7,8)37-42(50(70)61-23-16-13-3)35-46(66)59-30-28-56-26-21-54/h39-42,56-57H,11-38,54-55H2,1-10H3,(H,58,65)(H,59,66)(H,60,68)(H,61,70)(H,62,69). The molecule has 0 aromatic carbocycles. The lowest BCUT2D eigenvalue weighted by Crippen LogP contribution is -2.44. The Labute approximate surface area is 423 Å². The zero-order valence-corrected chi connectivity index (χ0v) is 45.5. The summed E-state index contributed by atoms with van der Waals surface area (Å²) < 4.78 is 0. The predicted molar refractivity (Wildman–Crippen MR) is 280 cm³/mol. The summed E-state index contributed by atoms with van der Waals surface area (Å²) in [6, 6.07) is 0. The van der Waals surface area contributed by atoms with Crippen LogP contribution in [-0.4, -0.2) is 119 Å². The first-order valence-corrected chi connectivity index (χ1v) is 26.8. The molecular formula is C53H101N9O8. The molecule has 70 heavy (non-hydrogen) atoms. The molecule has 11 N–H and O–H groups in total. The molecule has 0 rings (SSSR count).